The zero-order valence-corrected chi connectivity index (χ0v) is 18.5. The second kappa shape index (κ2) is 9.01. The van der Waals surface area contributed by atoms with Gasteiger partial charge in [-0.1, -0.05) is 12.1 Å². The van der Waals surface area contributed by atoms with Gasteiger partial charge in [-0.3, -0.25) is 9.89 Å². The van der Waals surface area contributed by atoms with Gasteiger partial charge in [0.2, 0.25) is 5.95 Å². The lowest BCUT2D eigenvalue weighted by molar-refractivity contribution is 0.354. The molecule has 0 aliphatic carbocycles. The molecule has 2 heterocycles. The molecule has 0 aliphatic rings. The van der Waals surface area contributed by atoms with Crippen LogP contribution in [0.1, 0.15) is 22.4 Å². The molecule has 0 spiro atoms. The van der Waals surface area contributed by atoms with E-state index in [0.717, 1.165) is 11.3 Å². The summed E-state index contributed by atoms with van der Waals surface area (Å²) in [6.07, 6.45) is 0. The lowest BCUT2D eigenvalue weighted by Gasteiger charge is -2.09. The maximum atomic E-state index is 12.5. The topological polar surface area (TPSA) is 106 Å². The van der Waals surface area contributed by atoms with E-state index >= 15 is 0 Å². The number of hydrogen-bond acceptors (Lipinski definition) is 7. The Morgan fingerprint density at radius 3 is 2.47 bits per heavy atom. The summed E-state index contributed by atoms with van der Waals surface area (Å²) in [6, 6.07) is 13.3. The molecule has 0 fully saturated rings. The highest BCUT2D eigenvalue weighted by Gasteiger charge is 2.09. The molecule has 4 rings (SSSR count). The molecule has 0 aliphatic heterocycles. The number of rotatable bonds is 8. The van der Waals surface area contributed by atoms with Crippen molar-refractivity contribution < 1.29 is 9.47 Å². The van der Waals surface area contributed by atoms with Crippen LogP contribution >= 0.6 is 0 Å². The van der Waals surface area contributed by atoms with E-state index in [9.17, 15) is 4.79 Å². The minimum Gasteiger partial charge on any atom is -0.493 e. The average molecular weight is 435 g/mol. The SMILES string of the molecule is COc1ccc(CNc2nc3nc(CNc4ccc(C)c(C)c4)cc(=O)n3[nH]2)cc1OC. The molecule has 0 atom stereocenters. The van der Waals surface area contributed by atoms with E-state index in [2.05, 4.69) is 51.7 Å². The number of aryl methyl sites for hydroxylation is 2. The Balaban J connectivity index is 1.47. The summed E-state index contributed by atoms with van der Waals surface area (Å²) in [7, 11) is 3.19. The van der Waals surface area contributed by atoms with Gasteiger partial charge >= 0.3 is 0 Å². The molecule has 4 aromatic rings. The number of methoxy groups -OCH3 is 2. The van der Waals surface area contributed by atoms with Crippen molar-refractivity contribution in [2.24, 2.45) is 0 Å². The molecule has 0 saturated carbocycles. The van der Waals surface area contributed by atoms with Crippen molar-refractivity contribution in [3.05, 3.63) is 75.2 Å². The highest BCUT2D eigenvalue weighted by atomic mass is 16.5. The van der Waals surface area contributed by atoms with Crippen LogP contribution in [-0.4, -0.2) is 33.8 Å². The quantitative estimate of drug-likeness (QED) is 0.391. The van der Waals surface area contributed by atoms with Crippen LogP contribution in [0, 0.1) is 13.8 Å². The van der Waals surface area contributed by atoms with Gasteiger partial charge in [0.15, 0.2) is 11.5 Å². The smallest absolute Gasteiger partial charge is 0.274 e. The van der Waals surface area contributed by atoms with Gasteiger partial charge in [0.05, 0.1) is 26.5 Å². The number of aromatic amines is 1. The number of fused-ring (bicyclic) bond motifs is 1. The number of benzene rings is 2. The maximum Gasteiger partial charge on any atom is 0.274 e. The molecule has 0 unspecified atom stereocenters. The number of nitrogens with one attached hydrogen (secondary N) is 3. The third kappa shape index (κ3) is 4.51. The Morgan fingerprint density at radius 1 is 0.906 bits per heavy atom. The van der Waals surface area contributed by atoms with Gasteiger partial charge in [-0.15, -0.1) is 0 Å². The number of ether oxygens (including phenoxy) is 2. The van der Waals surface area contributed by atoms with Crippen molar-refractivity contribution in [1.82, 2.24) is 19.6 Å². The number of aromatic nitrogens is 4. The van der Waals surface area contributed by atoms with E-state index < -0.39 is 0 Å². The van der Waals surface area contributed by atoms with Crippen LogP contribution in [0.5, 0.6) is 11.5 Å². The fraction of sp³-hybridized carbons (Fsp3) is 0.261. The Hall–Kier alpha value is -4.01. The van der Waals surface area contributed by atoms with E-state index in [1.165, 1.54) is 21.7 Å². The first kappa shape index (κ1) is 21.2. The lowest BCUT2D eigenvalue weighted by Crippen LogP contribution is -2.17. The zero-order valence-electron chi connectivity index (χ0n) is 18.5. The molecule has 0 bridgehead atoms. The molecule has 2 aromatic heterocycles. The summed E-state index contributed by atoms with van der Waals surface area (Å²) in [6.45, 7) is 5.05. The van der Waals surface area contributed by atoms with Crippen LogP contribution in [0.4, 0.5) is 11.6 Å². The monoisotopic (exact) mass is 434 g/mol. The fourth-order valence-electron chi connectivity index (χ4n) is 3.32. The molecular weight excluding hydrogens is 408 g/mol. The predicted molar refractivity (Wildman–Crippen MR) is 124 cm³/mol. The van der Waals surface area contributed by atoms with Crippen LogP contribution in [-0.2, 0) is 13.1 Å². The molecule has 0 saturated heterocycles. The fourth-order valence-corrected chi connectivity index (χ4v) is 3.32. The summed E-state index contributed by atoms with van der Waals surface area (Å²) in [5, 5.41) is 9.43. The molecule has 3 N–H and O–H groups in total. The number of nitrogens with zero attached hydrogens (tertiary/aromatic N) is 3. The Kier molecular flexibility index (Phi) is 5.98. The third-order valence-electron chi connectivity index (χ3n) is 5.27. The maximum absolute atomic E-state index is 12.5. The predicted octanol–water partition coefficient (Wildman–Crippen LogP) is 3.28. The van der Waals surface area contributed by atoms with E-state index in [1.807, 2.05) is 24.3 Å². The zero-order chi connectivity index (χ0) is 22.7. The van der Waals surface area contributed by atoms with Crippen LogP contribution in [0.25, 0.3) is 5.78 Å². The van der Waals surface area contributed by atoms with Gasteiger partial charge in [0.25, 0.3) is 11.3 Å². The van der Waals surface area contributed by atoms with Gasteiger partial charge in [0.1, 0.15) is 0 Å². The average Bonchev–Trinajstić information content (AvgIpc) is 3.22. The minimum atomic E-state index is -0.224. The number of anilines is 2. The lowest BCUT2D eigenvalue weighted by atomic mass is 10.1. The largest absolute Gasteiger partial charge is 0.493 e. The molecular formula is C23H26N6O3. The van der Waals surface area contributed by atoms with Crippen LogP contribution in [0.2, 0.25) is 0 Å². The second-order valence-corrected chi connectivity index (χ2v) is 7.49. The first-order chi connectivity index (χ1) is 15.5. The highest BCUT2D eigenvalue weighted by Crippen LogP contribution is 2.27. The van der Waals surface area contributed by atoms with Gasteiger partial charge < -0.3 is 20.1 Å². The molecule has 9 nitrogen and oxygen atoms in total. The van der Waals surface area contributed by atoms with Gasteiger partial charge in [0, 0.05) is 18.3 Å². The minimum absolute atomic E-state index is 0.224. The van der Waals surface area contributed by atoms with Crippen molar-refractivity contribution in [3.63, 3.8) is 0 Å². The van der Waals surface area contributed by atoms with Gasteiger partial charge in [-0.25, -0.2) is 4.98 Å². The molecule has 32 heavy (non-hydrogen) atoms. The van der Waals surface area contributed by atoms with Gasteiger partial charge in [-0.2, -0.15) is 9.50 Å². The summed E-state index contributed by atoms with van der Waals surface area (Å²) in [5.74, 6) is 2.07. The first-order valence-corrected chi connectivity index (χ1v) is 10.2. The Labute approximate surface area is 185 Å². The van der Waals surface area contributed by atoms with Crippen LogP contribution in [0.15, 0.2) is 47.3 Å². The third-order valence-corrected chi connectivity index (χ3v) is 5.27. The molecule has 0 amide bonds. The standard InChI is InChI=1S/C23H26N6O3/c1-14-5-7-17(9-15(14)2)24-13-18-11-21(30)29-23(26-18)27-22(28-29)25-12-16-6-8-19(31-3)20(10-16)32-4/h5-11,24H,12-13H2,1-4H3,(H2,25,26,27,28). The van der Waals surface area contributed by atoms with Crippen molar-refractivity contribution in [1.29, 1.82) is 0 Å². The summed E-state index contributed by atoms with van der Waals surface area (Å²) in [5.41, 5.74) is 4.79. The van der Waals surface area contributed by atoms with Crippen LogP contribution in [0.3, 0.4) is 0 Å². The summed E-state index contributed by atoms with van der Waals surface area (Å²) in [4.78, 5) is 21.4. The highest BCUT2D eigenvalue weighted by molar-refractivity contribution is 5.48. The first-order valence-electron chi connectivity index (χ1n) is 10.2. The Bertz CT molecular complexity index is 1310. The van der Waals surface area contributed by atoms with Gasteiger partial charge in [-0.05, 0) is 54.8 Å². The van der Waals surface area contributed by atoms with Crippen molar-refractivity contribution in [2.45, 2.75) is 26.9 Å². The molecule has 0 radical (unpaired) electrons. The number of hydrogen-bond donors (Lipinski definition) is 3. The van der Waals surface area contributed by atoms with E-state index in [1.54, 1.807) is 14.2 Å². The Morgan fingerprint density at radius 2 is 1.72 bits per heavy atom. The summed E-state index contributed by atoms with van der Waals surface area (Å²) >= 11 is 0. The van der Waals surface area contributed by atoms with Crippen molar-refractivity contribution in [3.8, 4) is 11.5 Å². The normalized spacial score (nSPS) is 10.9. The summed E-state index contributed by atoms with van der Waals surface area (Å²) < 4.78 is 11.9. The molecule has 166 valence electrons. The number of H-pyrrole nitrogens is 1. The van der Waals surface area contributed by atoms with E-state index in [4.69, 9.17) is 9.47 Å². The molecule has 2 aromatic carbocycles. The van der Waals surface area contributed by atoms with E-state index in [-0.39, 0.29) is 5.56 Å². The van der Waals surface area contributed by atoms with Crippen LogP contribution < -0.4 is 25.7 Å². The van der Waals surface area contributed by atoms with E-state index in [0.29, 0.717) is 42.0 Å². The molecule has 9 heteroatoms. The second-order valence-electron chi connectivity index (χ2n) is 7.49. The van der Waals surface area contributed by atoms with Crippen molar-refractivity contribution >= 4 is 17.4 Å². The van der Waals surface area contributed by atoms with Crippen molar-refractivity contribution in [2.75, 3.05) is 24.9 Å².